The van der Waals surface area contributed by atoms with E-state index in [1.54, 1.807) is 17.0 Å². The number of fused-ring (bicyclic) bond motifs is 1. The van der Waals surface area contributed by atoms with Crippen LogP contribution in [0.25, 0.3) is 0 Å². The second-order valence-electron chi connectivity index (χ2n) is 4.93. The van der Waals surface area contributed by atoms with Gasteiger partial charge in [-0.2, -0.15) is 0 Å². The Morgan fingerprint density at radius 2 is 2.12 bits per heavy atom. The Bertz CT molecular complexity index is 458. The fourth-order valence-corrected chi connectivity index (χ4v) is 2.93. The molecule has 0 bridgehead atoms. The highest BCUT2D eigenvalue weighted by molar-refractivity contribution is 5.38. The highest BCUT2D eigenvalue weighted by atomic mass is 16.1. The Morgan fingerprint density at radius 3 is 2.76 bits per heavy atom. The van der Waals surface area contributed by atoms with Gasteiger partial charge >= 0.3 is 0 Å². The molecule has 92 valence electrons. The fourth-order valence-electron chi connectivity index (χ4n) is 2.93. The summed E-state index contributed by atoms with van der Waals surface area (Å²) in [5.41, 5.74) is 0.0444. The molecule has 2 aliphatic rings. The van der Waals surface area contributed by atoms with Crippen LogP contribution in [0.5, 0.6) is 0 Å². The Balaban J connectivity index is 1.88. The molecule has 17 heavy (non-hydrogen) atoms. The van der Waals surface area contributed by atoms with E-state index in [-0.39, 0.29) is 5.56 Å². The Morgan fingerprint density at radius 1 is 1.41 bits per heavy atom. The molecule has 1 aromatic heterocycles. The zero-order valence-electron chi connectivity index (χ0n) is 10.1. The van der Waals surface area contributed by atoms with Crippen LogP contribution in [0.1, 0.15) is 6.92 Å². The second-order valence-corrected chi connectivity index (χ2v) is 4.93. The molecule has 2 fully saturated rings. The number of nitrogens with zero attached hydrogens (tertiary/aromatic N) is 3. The van der Waals surface area contributed by atoms with Crippen LogP contribution < -0.4 is 15.8 Å². The fraction of sp³-hybridized carbons (Fsp3) is 0.667. The van der Waals surface area contributed by atoms with Crippen molar-refractivity contribution in [1.29, 1.82) is 0 Å². The van der Waals surface area contributed by atoms with Crippen LogP contribution in [-0.2, 0) is 6.54 Å². The molecule has 5 heteroatoms. The van der Waals surface area contributed by atoms with E-state index >= 15 is 0 Å². The van der Waals surface area contributed by atoms with Gasteiger partial charge in [-0.3, -0.25) is 4.79 Å². The van der Waals surface area contributed by atoms with Crippen LogP contribution in [-0.4, -0.2) is 35.7 Å². The van der Waals surface area contributed by atoms with E-state index in [2.05, 4.69) is 15.2 Å². The minimum atomic E-state index is 0.0444. The average Bonchev–Trinajstić information content (AvgIpc) is 2.89. The van der Waals surface area contributed by atoms with Crippen molar-refractivity contribution in [3.05, 3.63) is 22.7 Å². The molecule has 2 atom stereocenters. The van der Waals surface area contributed by atoms with Crippen molar-refractivity contribution in [2.75, 3.05) is 31.1 Å². The Hall–Kier alpha value is -1.36. The maximum Gasteiger partial charge on any atom is 0.293 e. The van der Waals surface area contributed by atoms with Crippen molar-refractivity contribution in [2.45, 2.75) is 13.5 Å². The Labute approximate surface area is 100 Å². The van der Waals surface area contributed by atoms with Crippen molar-refractivity contribution in [2.24, 2.45) is 11.8 Å². The zero-order valence-corrected chi connectivity index (χ0v) is 10.1. The topological polar surface area (TPSA) is 50.2 Å². The van der Waals surface area contributed by atoms with E-state index in [0.29, 0.717) is 24.2 Å². The summed E-state index contributed by atoms with van der Waals surface area (Å²) in [6, 6.07) is 0. The average molecular weight is 234 g/mol. The summed E-state index contributed by atoms with van der Waals surface area (Å²) >= 11 is 0. The smallest absolute Gasteiger partial charge is 0.293 e. The summed E-state index contributed by atoms with van der Waals surface area (Å²) in [5, 5.41) is 3.40. The molecule has 1 aromatic rings. The number of aryl methyl sites for hydroxylation is 1. The molecule has 2 saturated heterocycles. The van der Waals surface area contributed by atoms with Crippen LogP contribution in [0.2, 0.25) is 0 Å². The van der Waals surface area contributed by atoms with E-state index in [0.717, 1.165) is 26.2 Å². The number of anilines is 1. The molecule has 2 unspecified atom stereocenters. The molecular formula is C12H18N4O. The Kier molecular flexibility index (Phi) is 2.63. The number of nitrogens with one attached hydrogen (secondary N) is 1. The van der Waals surface area contributed by atoms with Crippen LogP contribution in [0, 0.1) is 11.8 Å². The highest BCUT2D eigenvalue weighted by Gasteiger charge is 2.37. The van der Waals surface area contributed by atoms with Gasteiger partial charge in [0.1, 0.15) is 0 Å². The van der Waals surface area contributed by atoms with Crippen molar-refractivity contribution in [3.63, 3.8) is 0 Å². The van der Waals surface area contributed by atoms with Gasteiger partial charge in [0.2, 0.25) is 0 Å². The van der Waals surface area contributed by atoms with Crippen LogP contribution in [0.4, 0.5) is 5.82 Å². The molecular weight excluding hydrogens is 216 g/mol. The summed E-state index contributed by atoms with van der Waals surface area (Å²) in [5.74, 6) is 2.00. The van der Waals surface area contributed by atoms with E-state index in [1.807, 2.05) is 6.92 Å². The maximum atomic E-state index is 12.1. The van der Waals surface area contributed by atoms with Crippen molar-refractivity contribution < 1.29 is 0 Å². The van der Waals surface area contributed by atoms with E-state index < -0.39 is 0 Å². The van der Waals surface area contributed by atoms with Crippen molar-refractivity contribution in [1.82, 2.24) is 14.9 Å². The minimum Gasteiger partial charge on any atom is -0.351 e. The summed E-state index contributed by atoms with van der Waals surface area (Å²) in [4.78, 5) is 18.6. The molecule has 2 aliphatic heterocycles. The molecule has 0 amide bonds. The summed E-state index contributed by atoms with van der Waals surface area (Å²) in [6.45, 7) is 6.78. The molecule has 0 saturated carbocycles. The first-order valence-electron chi connectivity index (χ1n) is 6.30. The van der Waals surface area contributed by atoms with Crippen LogP contribution in [0.15, 0.2) is 17.2 Å². The second kappa shape index (κ2) is 4.14. The van der Waals surface area contributed by atoms with E-state index in [1.165, 1.54) is 0 Å². The highest BCUT2D eigenvalue weighted by Crippen LogP contribution is 2.27. The first kappa shape index (κ1) is 10.8. The molecule has 0 spiro atoms. The molecule has 1 N–H and O–H groups in total. The first-order valence-corrected chi connectivity index (χ1v) is 6.30. The maximum absolute atomic E-state index is 12.1. The predicted molar refractivity (Wildman–Crippen MR) is 66.2 cm³/mol. The molecule has 0 aliphatic carbocycles. The zero-order chi connectivity index (χ0) is 11.8. The summed E-state index contributed by atoms with van der Waals surface area (Å²) in [6.07, 6.45) is 3.48. The third-order valence-electron chi connectivity index (χ3n) is 3.93. The minimum absolute atomic E-state index is 0.0444. The molecule has 3 rings (SSSR count). The quantitative estimate of drug-likeness (QED) is 0.777. The van der Waals surface area contributed by atoms with Crippen molar-refractivity contribution >= 4 is 5.82 Å². The van der Waals surface area contributed by atoms with Gasteiger partial charge in [-0.25, -0.2) is 4.98 Å². The van der Waals surface area contributed by atoms with Gasteiger partial charge in [0.05, 0.1) is 0 Å². The molecule has 0 aromatic carbocycles. The van der Waals surface area contributed by atoms with Crippen LogP contribution >= 0.6 is 0 Å². The lowest BCUT2D eigenvalue weighted by molar-refractivity contribution is 0.533. The normalized spacial score (nSPS) is 27.5. The molecule has 0 radical (unpaired) electrons. The number of aromatic nitrogens is 2. The predicted octanol–water partition coefficient (Wildman–Crippen LogP) is -0.0812. The number of hydrogen-bond acceptors (Lipinski definition) is 4. The lowest BCUT2D eigenvalue weighted by atomic mass is 10.0. The SMILES string of the molecule is CCn1ccnc(N2CC3CNCC3C2)c1=O. The first-order chi connectivity index (χ1) is 8.29. The third-order valence-corrected chi connectivity index (χ3v) is 3.93. The largest absolute Gasteiger partial charge is 0.351 e. The lowest BCUT2D eigenvalue weighted by Gasteiger charge is -2.18. The van der Waals surface area contributed by atoms with E-state index in [4.69, 9.17) is 0 Å². The van der Waals surface area contributed by atoms with E-state index in [9.17, 15) is 4.79 Å². The van der Waals surface area contributed by atoms with Crippen molar-refractivity contribution in [3.8, 4) is 0 Å². The van der Waals surface area contributed by atoms with Gasteiger partial charge in [-0.1, -0.05) is 0 Å². The standard InChI is InChI=1S/C12H18N4O/c1-2-15-4-3-14-11(12(15)17)16-7-9-5-13-6-10(9)8-16/h3-4,9-10,13H,2,5-8H2,1H3. The van der Waals surface area contributed by atoms with Gasteiger partial charge in [-0.05, 0) is 18.8 Å². The monoisotopic (exact) mass is 234 g/mol. The molecule has 5 nitrogen and oxygen atoms in total. The van der Waals surface area contributed by atoms with Gasteiger partial charge in [0, 0.05) is 45.1 Å². The van der Waals surface area contributed by atoms with Gasteiger partial charge in [-0.15, -0.1) is 0 Å². The van der Waals surface area contributed by atoms with Gasteiger partial charge < -0.3 is 14.8 Å². The number of hydrogen-bond donors (Lipinski definition) is 1. The summed E-state index contributed by atoms with van der Waals surface area (Å²) in [7, 11) is 0. The van der Waals surface area contributed by atoms with Gasteiger partial charge in [0.15, 0.2) is 5.82 Å². The van der Waals surface area contributed by atoms with Crippen LogP contribution in [0.3, 0.4) is 0 Å². The summed E-state index contributed by atoms with van der Waals surface area (Å²) < 4.78 is 1.72. The van der Waals surface area contributed by atoms with Gasteiger partial charge in [0.25, 0.3) is 5.56 Å². The third kappa shape index (κ3) is 1.74. The lowest BCUT2D eigenvalue weighted by Crippen LogP contribution is -2.33. The number of rotatable bonds is 2. The molecule has 3 heterocycles.